The number of hydrogen-bond donors (Lipinski definition) is 2. The van der Waals surface area contributed by atoms with Crippen LogP contribution < -0.4 is 5.32 Å². The third-order valence-electron chi connectivity index (χ3n) is 4.35. The molecule has 1 aromatic carbocycles. The van der Waals surface area contributed by atoms with Crippen LogP contribution in [0.5, 0.6) is 0 Å². The molecule has 2 aromatic rings. The highest BCUT2D eigenvalue weighted by Crippen LogP contribution is 2.28. The third-order valence-corrected chi connectivity index (χ3v) is 4.35. The molecule has 98 valence electrons. The number of benzene rings is 1. The number of rotatable bonds is 2. The Balaban J connectivity index is 1.53. The van der Waals surface area contributed by atoms with E-state index in [1.807, 2.05) is 18.2 Å². The molecule has 0 aliphatic carbocycles. The Hall–Kier alpha value is -1.88. The van der Waals surface area contributed by atoms with E-state index in [0.29, 0.717) is 17.5 Å². The first-order chi connectivity index (χ1) is 9.29. The van der Waals surface area contributed by atoms with Gasteiger partial charge in [0, 0.05) is 30.1 Å². The fourth-order valence-electron chi connectivity index (χ4n) is 3.28. The van der Waals surface area contributed by atoms with Gasteiger partial charge in [-0.15, -0.1) is 0 Å². The van der Waals surface area contributed by atoms with E-state index in [2.05, 4.69) is 20.4 Å². The molecule has 2 saturated heterocycles. The molecule has 0 spiro atoms. The van der Waals surface area contributed by atoms with Gasteiger partial charge in [-0.05, 0) is 37.1 Å². The molecule has 1 aromatic heterocycles. The molecular weight excluding hydrogens is 240 g/mol. The molecule has 0 saturated carbocycles. The SMILES string of the molecule is O=C(N[C@H]1CN2CC[C@H]1C2)c1ccc2[nH]ncc2c1. The zero-order valence-electron chi connectivity index (χ0n) is 10.6. The van der Waals surface area contributed by atoms with Gasteiger partial charge in [0.2, 0.25) is 0 Å². The summed E-state index contributed by atoms with van der Waals surface area (Å²) < 4.78 is 0. The van der Waals surface area contributed by atoms with Gasteiger partial charge in [0.15, 0.2) is 0 Å². The summed E-state index contributed by atoms with van der Waals surface area (Å²) in [5.74, 6) is 0.670. The van der Waals surface area contributed by atoms with Crippen LogP contribution in [0, 0.1) is 5.92 Å². The first-order valence-electron chi connectivity index (χ1n) is 6.76. The zero-order valence-corrected chi connectivity index (χ0v) is 10.6. The fourth-order valence-corrected chi connectivity index (χ4v) is 3.28. The standard InChI is InChI=1S/C14H16N4O/c19-14(16-13-8-18-4-3-10(13)7-18)9-1-2-12-11(5-9)6-15-17-12/h1-2,5-6,10,13H,3-4,7-8H2,(H,15,17)(H,16,19)/t10-,13-/m0/s1. The number of H-pyrrole nitrogens is 1. The monoisotopic (exact) mass is 256 g/mol. The highest BCUT2D eigenvalue weighted by molar-refractivity contribution is 5.98. The molecule has 2 aliphatic rings. The summed E-state index contributed by atoms with van der Waals surface area (Å²) in [5, 5.41) is 11.0. The highest BCUT2D eigenvalue weighted by Gasteiger charge is 2.38. The highest BCUT2D eigenvalue weighted by atomic mass is 16.1. The van der Waals surface area contributed by atoms with Crippen LogP contribution in [-0.4, -0.2) is 46.7 Å². The first-order valence-corrected chi connectivity index (χ1v) is 6.76. The Morgan fingerprint density at radius 2 is 2.37 bits per heavy atom. The number of nitrogens with one attached hydrogen (secondary N) is 2. The van der Waals surface area contributed by atoms with Crippen molar-refractivity contribution in [3.05, 3.63) is 30.0 Å². The van der Waals surface area contributed by atoms with E-state index in [0.717, 1.165) is 24.0 Å². The second-order valence-electron chi connectivity index (χ2n) is 5.56. The van der Waals surface area contributed by atoms with Crippen molar-refractivity contribution in [3.8, 4) is 0 Å². The van der Waals surface area contributed by atoms with Crippen LogP contribution in [0.1, 0.15) is 16.8 Å². The molecule has 1 unspecified atom stereocenters. The van der Waals surface area contributed by atoms with Crippen molar-refractivity contribution >= 4 is 16.8 Å². The summed E-state index contributed by atoms with van der Waals surface area (Å²) in [7, 11) is 0. The number of nitrogens with zero attached hydrogens (tertiary/aromatic N) is 2. The number of carbonyl (C=O) groups excluding carboxylic acids is 1. The second-order valence-corrected chi connectivity index (χ2v) is 5.56. The van der Waals surface area contributed by atoms with Crippen molar-refractivity contribution in [3.63, 3.8) is 0 Å². The first kappa shape index (κ1) is 11.0. The number of fused-ring (bicyclic) bond motifs is 3. The summed E-state index contributed by atoms with van der Waals surface area (Å²) in [6, 6.07) is 5.97. The Kier molecular flexibility index (Phi) is 2.35. The van der Waals surface area contributed by atoms with E-state index in [-0.39, 0.29) is 5.91 Å². The lowest BCUT2D eigenvalue weighted by Gasteiger charge is -2.23. The Labute approximate surface area is 111 Å². The Bertz CT molecular complexity index is 635. The quantitative estimate of drug-likeness (QED) is 0.842. The van der Waals surface area contributed by atoms with E-state index >= 15 is 0 Å². The Morgan fingerprint density at radius 3 is 3.16 bits per heavy atom. The van der Waals surface area contributed by atoms with Gasteiger partial charge in [-0.3, -0.25) is 9.89 Å². The number of piperidine rings is 1. The number of carbonyl (C=O) groups is 1. The number of amides is 1. The topological polar surface area (TPSA) is 61.0 Å². The van der Waals surface area contributed by atoms with Gasteiger partial charge in [0.05, 0.1) is 11.7 Å². The average Bonchev–Trinajstić information content (AvgIpc) is 3.13. The maximum Gasteiger partial charge on any atom is 0.251 e. The van der Waals surface area contributed by atoms with Crippen LogP contribution in [0.4, 0.5) is 0 Å². The summed E-state index contributed by atoms with van der Waals surface area (Å²) >= 11 is 0. The van der Waals surface area contributed by atoms with Crippen LogP contribution in [0.2, 0.25) is 0 Å². The van der Waals surface area contributed by atoms with Crippen molar-refractivity contribution in [1.29, 1.82) is 0 Å². The van der Waals surface area contributed by atoms with Gasteiger partial charge < -0.3 is 10.2 Å². The molecule has 2 bridgehead atoms. The maximum atomic E-state index is 12.3. The van der Waals surface area contributed by atoms with Gasteiger partial charge in [0.1, 0.15) is 0 Å². The molecule has 2 N–H and O–H groups in total. The predicted octanol–water partition coefficient (Wildman–Crippen LogP) is 0.997. The summed E-state index contributed by atoms with van der Waals surface area (Å²) in [6.07, 6.45) is 2.96. The van der Waals surface area contributed by atoms with Crippen molar-refractivity contribution in [2.45, 2.75) is 12.5 Å². The normalized spacial score (nSPS) is 28.9. The Morgan fingerprint density at radius 1 is 1.42 bits per heavy atom. The van der Waals surface area contributed by atoms with Crippen molar-refractivity contribution in [2.75, 3.05) is 19.6 Å². The van der Waals surface area contributed by atoms with Crippen LogP contribution in [-0.2, 0) is 0 Å². The molecule has 2 fully saturated rings. The predicted molar refractivity (Wildman–Crippen MR) is 71.9 cm³/mol. The third kappa shape index (κ3) is 1.81. The lowest BCUT2D eigenvalue weighted by Crippen LogP contribution is -2.43. The van der Waals surface area contributed by atoms with E-state index in [1.54, 1.807) is 6.20 Å². The van der Waals surface area contributed by atoms with Crippen molar-refractivity contribution in [2.24, 2.45) is 5.92 Å². The molecular formula is C14H16N4O. The molecule has 1 amide bonds. The number of aromatic nitrogens is 2. The summed E-state index contributed by atoms with van der Waals surface area (Å²) in [6.45, 7) is 3.34. The van der Waals surface area contributed by atoms with Crippen molar-refractivity contribution < 1.29 is 4.79 Å². The van der Waals surface area contributed by atoms with Crippen LogP contribution >= 0.6 is 0 Å². The molecule has 5 heteroatoms. The fraction of sp³-hybridized carbons (Fsp3) is 0.429. The van der Waals surface area contributed by atoms with Gasteiger partial charge in [-0.2, -0.15) is 5.10 Å². The van der Waals surface area contributed by atoms with Gasteiger partial charge in [-0.1, -0.05) is 0 Å². The van der Waals surface area contributed by atoms with Gasteiger partial charge in [-0.25, -0.2) is 0 Å². The lowest BCUT2D eigenvalue weighted by atomic mass is 9.99. The summed E-state index contributed by atoms with van der Waals surface area (Å²) in [4.78, 5) is 14.7. The smallest absolute Gasteiger partial charge is 0.251 e. The molecule has 3 heterocycles. The minimum atomic E-state index is 0.0295. The van der Waals surface area contributed by atoms with Gasteiger partial charge >= 0.3 is 0 Å². The molecule has 19 heavy (non-hydrogen) atoms. The van der Waals surface area contributed by atoms with Gasteiger partial charge in [0.25, 0.3) is 5.91 Å². The van der Waals surface area contributed by atoms with Crippen LogP contribution in [0.3, 0.4) is 0 Å². The zero-order chi connectivity index (χ0) is 12.8. The largest absolute Gasteiger partial charge is 0.348 e. The lowest BCUT2D eigenvalue weighted by molar-refractivity contribution is 0.0924. The number of aromatic amines is 1. The second kappa shape index (κ2) is 4.06. The van der Waals surface area contributed by atoms with Crippen molar-refractivity contribution in [1.82, 2.24) is 20.4 Å². The molecule has 4 rings (SSSR count). The van der Waals surface area contributed by atoms with E-state index in [1.165, 1.54) is 13.0 Å². The van der Waals surface area contributed by atoms with E-state index in [4.69, 9.17) is 0 Å². The minimum Gasteiger partial charge on any atom is -0.348 e. The van der Waals surface area contributed by atoms with Crippen LogP contribution in [0.15, 0.2) is 24.4 Å². The average molecular weight is 256 g/mol. The molecule has 3 atom stereocenters. The molecule has 0 radical (unpaired) electrons. The minimum absolute atomic E-state index is 0.0295. The van der Waals surface area contributed by atoms with E-state index < -0.39 is 0 Å². The number of hydrogen-bond acceptors (Lipinski definition) is 3. The molecule has 2 aliphatic heterocycles. The van der Waals surface area contributed by atoms with Crippen LogP contribution in [0.25, 0.3) is 10.9 Å². The summed E-state index contributed by atoms with van der Waals surface area (Å²) in [5.41, 5.74) is 1.68. The van der Waals surface area contributed by atoms with E-state index in [9.17, 15) is 4.79 Å². The maximum absolute atomic E-state index is 12.3. The molecule has 5 nitrogen and oxygen atoms in total.